The summed E-state index contributed by atoms with van der Waals surface area (Å²) in [6, 6.07) is 0. The molecule has 1 fully saturated rings. The van der Waals surface area contributed by atoms with E-state index in [2.05, 4.69) is 5.32 Å². The van der Waals surface area contributed by atoms with Crippen LogP contribution in [0.1, 0.15) is 29.7 Å². The topological polar surface area (TPSA) is 25.2 Å². The maximum Gasteiger partial charge on any atom is 0.122 e. The summed E-state index contributed by atoms with van der Waals surface area (Å²) in [6.45, 7) is 1.95. The van der Waals surface area contributed by atoms with Gasteiger partial charge in [-0.1, -0.05) is 0 Å². The van der Waals surface area contributed by atoms with Crippen LogP contribution in [-0.4, -0.2) is 0 Å². The third-order valence-corrected chi connectivity index (χ3v) is 2.86. The Kier molecular flexibility index (Phi) is 1.32. The molecule has 0 radical (unpaired) electrons. The van der Waals surface area contributed by atoms with E-state index in [1.165, 1.54) is 36.1 Å². The quantitative estimate of drug-likeness (QED) is 0.719. The molecule has 1 N–H and O–H groups in total. The lowest BCUT2D eigenvalue weighted by molar-refractivity contribution is 0.502. The zero-order valence-electron chi connectivity index (χ0n) is 7.10. The highest BCUT2D eigenvalue weighted by molar-refractivity contribution is 5.31. The van der Waals surface area contributed by atoms with E-state index in [1.54, 1.807) is 0 Å². The summed E-state index contributed by atoms with van der Waals surface area (Å²) in [7, 11) is 0. The summed E-state index contributed by atoms with van der Waals surface area (Å²) < 4.78 is 5.47. The molecule has 0 unspecified atom stereocenters. The number of fused-ring (bicyclic) bond motifs is 1. The molecular formula is C10H13NO. The highest BCUT2D eigenvalue weighted by Gasteiger charge is 2.26. The zero-order valence-corrected chi connectivity index (χ0v) is 7.10. The standard InChI is InChI=1S/C10H13NO/c1-2-7(1)3-8-6-12-10-5-11-4-9(8)10/h6-7,11H,1-5H2. The van der Waals surface area contributed by atoms with Crippen LogP contribution in [0.15, 0.2) is 10.7 Å². The predicted molar refractivity (Wildman–Crippen MR) is 45.7 cm³/mol. The molecule has 1 aliphatic carbocycles. The van der Waals surface area contributed by atoms with Crippen molar-refractivity contribution in [2.45, 2.75) is 32.4 Å². The van der Waals surface area contributed by atoms with Crippen LogP contribution in [0.2, 0.25) is 0 Å². The number of rotatable bonds is 2. The van der Waals surface area contributed by atoms with Crippen molar-refractivity contribution in [1.82, 2.24) is 5.32 Å². The fourth-order valence-corrected chi connectivity index (χ4v) is 1.93. The van der Waals surface area contributed by atoms with Gasteiger partial charge >= 0.3 is 0 Å². The summed E-state index contributed by atoms with van der Waals surface area (Å²) in [5.74, 6) is 2.14. The first-order chi connectivity index (χ1) is 5.93. The molecule has 12 heavy (non-hydrogen) atoms. The fourth-order valence-electron chi connectivity index (χ4n) is 1.93. The molecule has 1 aliphatic heterocycles. The van der Waals surface area contributed by atoms with Crippen LogP contribution in [0.3, 0.4) is 0 Å². The van der Waals surface area contributed by atoms with E-state index >= 15 is 0 Å². The molecule has 2 nitrogen and oxygen atoms in total. The molecular weight excluding hydrogens is 150 g/mol. The van der Waals surface area contributed by atoms with E-state index in [4.69, 9.17) is 4.42 Å². The third kappa shape index (κ3) is 0.985. The van der Waals surface area contributed by atoms with Crippen molar-refractivity contribution in [2.24, 2.45) is 5.92 Å². The van der Waals surface area contributed by atoms with Crippen LogP contribution in [0.25, 0.3) is 0 Å². The Bertz CT molecular complexity index is 299. The molecule has 0 amide bonds. The maximum absolute atomic E-state index is 5.47. The molecule has 1 saturated carbocycles. The molecule has 1 aromatic rings. The van der Waals surface area contributed by atoms with E-state index in [0.717, 1.165) is 19.0 Å². The second kappa shape index (κ2) is 2.36. The van der Waals surface area contributed by atoms with Gasteiger partial charge in [0.15, 0.2) is 0 Å². The first-order valence-electron chi connectivity index (χ1n) is 4.72. The minimum atomic E-state index is 0.931. The Morgan fingerprint density at radius 1 is 1.42 bits per heavy atom. The first kappa shape index (κ1) is 6.72. The van der Waals surface area contributed by atoms with Crippen LogP contribution in [0.4, 0.5) is 0 Å². The molecule has 2 heterocycles. The molecule has 1 aromatic heterocycles. The minimum absolute atomic E-state index is 0.931. The Morgan fingerprint density at radius 3 is 3.17 bits per heavy atom. The van der Waals surface area contributed by atoms with Crippen molar-refractivity contribution in [3.05, 3.63) is 23.2 Å². The Labute approximate surface area is 72.0 Å². The van der Waals surface area contributed by atoms with Crippen LogP contribution in [-0.2, 0) is 19.5 Å². The van der Waals surface area contributed by atoms with Crippen molar-refractivity contribution in [3.63, 3.8) is 0 Å². The summed E-state index contributed by atoms with van der Waals surface area (Å²) >= 11 is 0. The summed E-state index contributed by atoms with van der Waals surface area (Å²) in [6.07, 6.45) is 6.06. The number of furan rings is 1. The molecule has 0 atom stereocenters. The summed E-state index contributed by atoms with van der Waals surface area (Å²) in [5, 5.41) is 3.31. The van der Waals surface area contributed by atoms with E-state index in [0.29, 0.717) is 0 Å². The number of hydrogen-bond donors (Lipinski definition) is 1. The molecule has 0 bridgehead atoms. The molecule has 0 saturated heterocycles. The molecule has 0 aromatic carbocycles. The fraction of sp³-hybridized carbons (Fsp3) is 0.600. The summed E-state index contributed by atoms with van der Waals surface area (Å²) in [4.78, 5) is 0. The average Bonchev–Trinajstić information content (AvgIpc) is 2.63. The van der Waals surface area contributed by atoms with E-state index in [-0.39, 0.29) is 0 Å². The highest BCUT2D eigenvalue weighted by Crippen LogP contribution is 2.35. The Morgan fingerprint density at radius 2 is 2.33 bits per heavy atom. The largest absolute Gasteiger partial charge is 0.467 e. The van der Waals surface area contributed by atoms with Gasteiger partial charge in [-0.3, -0.25) is 0 Å². The molecule has 2 aliphatic rings. The van der Waals surface area contributed by atoms with Crippen molar-refractivity contribution < 1.29 is 4.42 Å². The number of nitrogens with one attached hydrogen (secondary N) is 1. The number of hydrogen-bond acceptors (Lipinski definition) is 2. The van der Waals surface area contributed by atoms with Gasteiger partial charge in [0.1, 0.15) is 5.76 Å². The van der Waals surface area contributed by atoms with Crippen LogP contribution >= 0.6 is 0 Å². The van der Waals surface area contributed by atoms with Gasteiger partial charge in [-0.05, 0) is 30.7 Å². The SMILES string of the molecule is c1oc2c(c1CC1CC1)CNC2. The lowest BCUT2D eigenvalue weighted by Crippen LogP contribution is -2.02. The smallest absolute Gasteiger partial charge is 0.122 e. The van der Waals surface area contributed by atoms with Gasteiger partial charge in [-0.25, -0.2) is 0 Å². The second-order valence-electron chi connectivity index (χ2n) is 3.91. The van der Waals surface area contributed by atoms with E-state index < -0.39 is 0 Å². The summed E-state index contributed by atoms with van der Waals surface area (Å²) in [5.41, 5.74) is 2.90. The predicted octanol–water partition coefficient (Wildman–Crippen LogP) is 1.84. The van der Waals surface area contributed by atoms with Crippen LogP contribution < -0.4 is 5.32 Å². The molecule has 64 valence electrons. The maximum atomic E-state index is 5.47. The first-order valence-corrected chi connectivity index (χ1v) is 4.72. The average molecular weight is 163 g/mol. The Balaban J connectivity index is 1.88. The van der Waals surface area contributed by atoms with Gasteiger partial charge in [0.05, 0.1) is 12.8 Å². The van der Waals surface area contributed by atoms with Gasteiger partial charge < -0.3 is 9.73 Å². The van der Waals surface area contributed by atoms with E-state index in [9.17, 15) is 0 Å². The minimum Gasteiger partial charge on any atom is -0.467 e. The van der Waals surface area contributed by atoms with Crippen molar-refractivity contribution in [3.8, 4) is 0 Å². The lowest BCUT2D eigenvalue weighted by Gasteiger charge is -1.96. The van der Waals surface area contributed by atoms with Gasteiger partial charge in [-0.15, -0.1) is 0 Å². The van der Waals surface area contributed by atoms with E-state index in [1.807, 2.05) is 6.26 Å². The van der Waals surface area contributed by atoms with Crippen LogP contribution in [0.5, 0.6) is 0 Å². The van der Waals surface area contributed by atoms with Gasteiger partial charge in [0, 0.05) is 12.1 Å². The molecule has 2 heteroatoms. The molecule has 0 spiro atoms. The molecule has 3 rings (SSSR count). The van der Waals surface area contributed by atoms with Crippen LogP contribution in [0, 0.1) is 5.92 Å². The zero-order chi connectivity index (χ0) is 7.97. The third-order valence-electron chi connectivity index (χ3n) is 2.86. The Hall–Kier alpha value is -0.760. The van der Waals surface area contributed by atoms with Gasteiger partial charge in [0.25, 0.3) is 0 Å². The van der Waals surface area contributed by atoms with Crippen molar-refractivity contribution in [1.29, 1.82) is 0 Å². The van der Waals surface area contributed by atoms with Crippen molar-refractivity contribution >= 4 is 0 Å². The monoisotopic (exact) mass is 163 g/mol. The van der Waals surface area contributed by atoms with Gasteiger partial charge in [0.2, 0.25) is 0 Å². The second-order valence-corrected chi connectivity index (χ2v) is 3.91. The lowest BCUT2D eigenvalue weighted by atomic mass is 10.1. The normalized spacial score (nSPS) is 21.3. The highest BCUT2D eigenvalue weighted by atomic mass is 16.3. The van der Waals surface area contributed by atoms with Gasteiger partial charge in [-0.2, -0.15) is 0 Å². The van der Waals surface area contributed by atoms with Crippen molar-refractivity contribution in [2.75, 3.05) is 0 Å².